The van der Waals surface area contributed by atoms with Crippen LogP contribution in [-0.4, -0.2) is 18.0 Å². The number of thiophene rings is 1. The van der Waals surface area contributed by atoms with Gasteiger partial charge in [0.2, 0.25) is 0 Å². The number of fused-ring (bicyclic) bond motifs is 1. The lowest BCUT2D eigenvalue weighted by Gasteiger charge is -2.21. The molecular formula is C16H23FN2S. The first-order valence-electron chi connectivity index (χ1n) is 7.32. The molecule has 0 spiro atoms. The van der Waals surface area contributed by atoms with E-state index in [0.717, 1.165) is 53.0 Å². The van der Waals surface area contributed by atoms with Crippen molar-refractivity contribution in [1.29, 1.82) is 0 Å². The molecule has 0 fully saturated rings. The number of nitrogens with two attached hydrogens (primary N) is 1. The number of benzene rings is 1. The van der Waals surface area contributed by atoms with Crippen LogP contribution in [0.15, 0.2) is 18.2 Å². The predicted molar refractivity (Wildman–Crippen MR) is 85.5 cm³/mol. The molecule has 0 aliphatic rings. The van der Waals surface area contributed by atoms with Gasteiger partial charge in [-0.3, -0.25) is 4.90 Å². The van der Waals surface area contributed by atoms with E-state index in [2.05, 4.69) is 18.7 Å². The molecule has 1 aromatic carbocycles. The Hall–Kier alpha value is -0.970. The number of halogens is 1. The van der Waals surface area contributed by atoms with Gasteiger partial charge in [0.15, 0.2) is 0 Å². The second-order valence-electron chi connectivity index (χ2n) is 5.10. The van der Waals surface area contributed by atoms with Crippen LogP contribution in [0.5, 0.6) is 0 Å². The van der Waals surface area contributed by atoms with Crippen LogP contribution in [0.4, 0.5) is 4.39 Å². The van der Waals surface area contributed by atoms with Crippen LogP contribution in [0.1, 0.15) is 37.1 Å². The van der Waals surface area contributed by atoms with Gasteiger partial charge in [0.1, 0.15) is 5.82 Å². The molecule has 2 N–H and O–H groups in total. The zero-order valence-corrected chi connectivity index (χ0v) is 13.1. The fourth-order valence-corrected chi connectivity index (χ4v) is 3.78. The Labute approximate surface area is 124 Å². The maximum atomic E-state index is 14.2. The van der Waals surface area contributed by atoms with Crippen LogP contribution in [0.2, 0.25) is 0 Å². The van der Waals surface area contributed by atoms with Crippen molar-refractivity contribution in [2.24, 2.45) is 5.73 Å². The summed E-state index contributed by atoms with van der Waals surface area (Å²) in [6.45, 7) is 7.74. The van der Waals surface area contributed by atoms with E-state index in [4.69, 9.17) is 5.73 Å². The van der Waals surface area contributed by atoms with Crippen molar-refractivity contribution >= 4 is 21.4 Å². The Morgan fingerprint density at radius 1 is 1.20 bits per heavy atom. The smallest absolute Gasteiger partial charge is 0.132 e. The summed E-state index contributed by atoms with van der Waals surface area (Å²) in [7, 11) is 0. The van der Waals surface area contributed by atoms with Gasteiger partial charge in [-0.2, -0.15) is 0 Å². The Balaban J connectivity index is 2.40. The highest BCUT2D eigenvalue weighted by Crippen LogP contribution is 2.33. The average molecular weight is 294 g/mol. The summed E-state index contributed by atoms with van der Waals surface area (Å²) in [6.07, 6.45) is 2.23. The van der Waals surface area contributed by atoms with Gasteiger partial charge >= 0.3 is 0 Å². The molecule has 0 atom stereocenters. The van der Waals surface area contributed by atoms with E-state index in [1.54, 1.807) is 23.5 Å². The lowest BCUT2D eigenvalue weighted by Crippen LogP contribution is -2.25. The monoisotopic (exact) mass is 294 g/mol. The molecule has 0 bridgehead atoms. The van der Waals surface area contributed by atoms with Crippen LogP contribution in [-0.2, 0) is 13.1 Å². The first-order chi connectivity index (χ1) is 9.71. The molecule has 0 saturated heterocycles. The third-order valence-electron chi connectivity index (χ3n) is 3.49. The highest BCUT2D eigenvalue weighted by atomic mass is 32.1. The minimum Gasteiger partial charge on any atom is -0.326 e. The fourth-order valence-electron chi connectivity index (χ4n) is 2.67. The van der Waals surface area contributed by atoms with Crippen molar-refractivity contribution in [3.8, 4) is 0 Å². The molecule has 20 heavy (non-hydrogen) atoms. The fraction of sp³-hybridized carbons (Fsp3) is 0.500. The lowest BCUT2D eigenvalue weighted by atomic mass is 10.1. The SMILES string of the molecule is CCCN(CCC)Cc1c(CN)sc2cccc(F)c12. The van der Waals surface area contributed by atoms with Crippen molar-refractivity contribution in [1.82, 2.24) is 4.90 Å². The maximum absolute atomic E-state index is 14.2. The van der Waals surface area contributed by atoms with Crippen molar-refractivity contribution < 1.29 is 4.39 Å². The first-order valence-corrected chi connectivity index (χ1v) is 8.14. The summed E-state index contributed by atoms with van der Waals surface area (Å²) in [5.41, 5.74) is 6.95. The summed E-state index contributed by atoms with van der Waals surface area (Å²) in [5, 5.41) is 0.773. The van der Waals surface area contributed by atoms with Crippen LogP contribution in [0.3, 0.4) is 0 Å². The molecule has 2 aromatic rings. The van der Waals surface area contributed by atoms with Gasteiger partial charge < -0.3 is 5.73 Å². The van der Waals surface area contributed by atoms with E-state index < -0.39 is 0 Å². The van der Waals surface area contributed by atoms with Crippen LogP contribution >= 0.6 is 11.3 Å². The molecule has 4 heteroatoms. The highest BCUT2D eigenvalue weighted by Gasteiger charge is 2.16. The second-order valence-corrected chi connectivity index (χ2v) is 6.23. The lowest BCUT2D eigenvalue weighted by molar-refractivity contribution is 0.267. The third kappa shape index (κ3) is 3.19. The summed E-state index contributed by atoms with van der Waals surface area (Å²) in [4.78, 5) is 3.51. The standard InChI is InChI=1S/C16H23FN2S/c1-3-8-19(9-4-2)11-12-15(10-18)20-14-7-5-6-13(17)16(12)14/h5-7H,3-4,8-11,18H2,1-2H3. The highest BCUT2D eigenvalue weighted by molar-refractivity contribution is 7.19. The van der Waals surface area contributed by atoms with Crippen LogP contribution in [0, 0.1) is 5.82 Å². The molecule has 0 aliphatic carbocycles. The number of nitrogens with zero attached hydrogens (tertiary/aromatic N) is 1. The molecule has 1 aromatic heterocycles. The number of hydrogen-bond donors (Lipinski definition) is 1. The van der Waals surface area contributed by atoms with Crippen LogP contribution in [0.25, 0.3) is 10.1 Å². The third-order valence-corrected chi connectivity index (χ3v) is 4.71. The largest absolute Gasteiger partial charge is 0.326 e. The summed E-state index contributed by atoms with van der Waals surface area (Å²) in [5.74, 6) is -0.124. The average Bonchev–Trinajstić information content (AvgIpc) is 2.79. The summed E-state index contributed by atoms with van der Waals surface area (Å²) >= 11 is 1.62. The second kappa shape index (κ2) is 7.16. The quantitative estimate of drug-likeness (QED) is 0.832. The minimum atomic E-state index is -0.124. The molecule has 0 unspecified atom stereocenters. The normalized spacial score (nSPS) is 11.7. The molecule has 1 heterocycles. The molecule has 2 nitrogen and oxygen atoms in total. The summed E-state index contributed by atoms with van der Waals surface area (Å²) in [6, 6.07) is 5.30. The van der Waals surface area contributed by atoms with Crippen molar-refractivity contribution in [2.45, 2.75) is 39.8 Å². The van der Waals surface area contributed by atoms with E-state index >= 15 is 0 Å². The zero-order chi connectivity index (χ0) is 14.5. The topological polar surface area (TPSA) is 29.3 Å². The van der Waals surface area contributed by atoms with Gasteiger partial charge in [-0.25, -0.2) is 4.39 Å². The molecule has 0 aliphatic heterocycles. The van der Waals surface area contributed by atoms with Crippen LogP contribution < -0.4 is 5.73 Å². The Morgan fingerprint density at radius 2 is 1.90 bits per heavy atom. The molecule has 2 rings (SSSR count). The van der Waals surface area contributed by atoms with E-state index in [1.165, 1.54) is 0 Å². The van der Waals surface area contributed by atoms with Gasteiger partial charge in [-0.05, 0) is 43.6 Å². The molecule has 110 valence electrons. The Kier molecular flexibility index (Phi) is 5.52. The van der Waals surface area contributed by atoms with E-state index in [0.29, 0.717) is 6.54 Å². The molecule has 0 saturated carbocycles. The van der Waals surface area contributed by atoms with Gasteiger partial charge in [0.05, 0.1) is 0 Å². The Morgan fingerprint density at radius 3 is 2.50 bits per heavy atom. The predicted octanol–water partition coefficient (Wildman–Crippen LogP) is 4.12. The molecule has 0 radical (unpaired) electrons. The molecular weight excluding hydrogens is 271 g/mol. The van der Waals surface area contributed by atoms with Crippen molar-refractivity contribution in [2.75, 3.05) is 13.1 Å². The van der Waals surface area contributed by atoms with Gasteiger partial charge in [0.25, 0.3) is 0 Å². The number of hydrogen-bond acceptors (Lipinski definition) is 3. The summed E-state index contributed by atoms with van der Waals surface area (Å²) < 4.78 is 15.2. The van der Waals surface area contributed by atoms with E-state index in [-0.39, 0.29) is 5.82 Å². The Bertz CT molecular complexity index is 559. The first kappa shape index (κ1) is 15.4. The van der Waals surface area contributed by atoms with E-state index in [1.807, 2.05) is 6.07 Å². The van der Waals surface area contributed by atoms with Gasteiger partial charge in [0, 0.05) is 28.1 Å². The molecule has 0 amide bonds. The van der Waals surface area contributed by atoms with E-state index in [9.17, 15) is 4.39 Å². The van der Waals surface area contributed by atoms with Gasteiger partial charge in [-0.15, -0.1) is 11.3 Å². The van der Waals surface area contributed by atoms with Crippen molar-refractivity contribution in [3.63, 3.8) is 0 Å². The number of rotatable bonds is 7. The zero-order valence-electron chi connectivity index (χ0n) is 12.3. The minimum absolute atomic E-state index is 0.124. The maximum Gasteiger partial charge on any atom is 0.132 e. The van der Waals surface area contributed by atoms with Crippen molar-refractivity contribution in [3.05, 3.63) is 34.5 Å². The van der Waals surface area contributed by atoms with Gasteiger partial charge in [-0.1, -0.05) is 19.9 Å².